The average Bonchev–Trinajstić information content (AvgIpc) is 2.91. The number of rotatable bonds is 2. The second-order valence-electron chi connectivity index (χ2n) is 3.99. The number of imide groups is 1. The maximum absolute atomic E-state index is 11.6. The third-order valence-corrected chi connectivity index (χ3v) is 2.94. The Morgan fingerprint density at radius 2 is 2.06 bits per heavy atom. The van der Waals surface area contributed by atoms with Crippen LogP contribution in [0.25, 0.3) is 16.5 Å². The van der Waals surface area contributed by atoms with E-state index in [9.17, 15) is 9.59 Å². The molecule has 0 bridgehead atoms. The molecule has 0 saturated carbocycles. The molecule has 0 atom stereocenters. The quantitative estimate of drug-likeness (QED) is 0.778. The van der Waals surface area contributed by atoms with Gasteiger partial charge in [0.15, 0.2) is 0 Å². The van der Waals surface area contributed by atoms with E-state index < -0.39 is 0 Å². The Morgan fingerprint density at radius 1 is 1.22 bits per heavy atom. The van der Waals surface area contributed by atoms with Crippen molar-refractivity contribution in [1.29, 1.82) is 0 Å². The molecule has 0 aliphatic carbocycles. The molecule has 18 heavy (non-hydrogen) atoms. The summed E-state index contributed by atoms with van der Waals surface area (Å²) in [5, 5.41) is 3.09. The first-order chi connectivity index (χ1) is 8.69. The third kappa shape index (κ3) is 1.48. The number of H-pyrrole nitrogens is 1. The summed E-state index contributed by atoms with van der Waals surface area (Å²) in [4.78, 5) is 25.9. The number of benzene rings is 1. The van der Waals surface area contributed by atoms with Gasteiger partial charge in [0.2, 0.25) is 0 Å². The second-order valence-corrected chi connectivity index (χ2v) is 3.99. The zero-order chi connectivity index (χ0) is 12.7. The Hall–Kier alpha value is -2.56. The fourth-order valence-electron chi connectivity index (χ4n) is 2.06. The molecule has 2 N–H and O–H groups in total. The molecule has 0 saturated heterocycles. The molecule has 90 valence electrons. The normalized spacial score (nSPS) is 14.8. The minimum Gasteiger partial charge on any atom is -0.497 e. The van der Waals surface area contributed by atoms with Gasteiger partial charge in [-0.1, -0.05) is 0 Å². The minimum atomic E-state index is -0.382. The largest absolute Gasteiger partial charge is 0.497 e. The average molecular weight is 242 g/mol. The number of hydrogen-bond acceptors (Lipinski definition) is 3. The predicted molar refractivity (Wildman–Crippen MR) is 66.0 cm³/mol. The number of methoxy groups -OCH3 is 1. The summed E-state index contributed by atoms with van der Waals surface area (Å²) in [5.74, 6) is -0.0513. The van der Waals surface area contributed by atoms with Gasteiger partial charge in [0.25, 0.3) is 11.8 Å². The van der Waals surface area contributed by atoms with Gasteiger partial charge in [-0.05, 0) is 18.2 Å². The number of fused-ring (bicyclic) bond motifs is 1. The van der Waals surface area contributed by atoms with E-state index in [0.29, 0.717) is 16.9 Å². The Bertz CT molecular complexity index is 697. The first-order valence-electron chi connectivity index (χ1n) is 5.41. The monoisotopic (exact) mass is 242 g/mol. The summed E-state index contributed by atoms with van der Waals surface area (Å²) >= 11 is 0. The lowest BCUT2D eigenvalue weighted by atomic mass is 10.1. The van der Waals surface area contributed by atoms with Crippen molar-refractivity contribution in [3.8, 4) is 5.75 Å². The van der Waals surface area contributed by atoms with Gasteiger partial charge in [0.05, 0.1) is 12.7 Å². The number of amides is 2. The maximum atomic E-state index is 11.6. The molecule has 1 aliphatic heterocycles. The number of ether oxygens (including phenoxy) is 1. The SMILES string of the molecule is COc1ccc2[nH]cc(C3=CC(=O)NC3=O)c2c1. The number of aromatic amines is 1. The number of carbonyl (C=O) groups is 2. The smallest absolute Gasteiger partial charge is 0.258 e. The van der Waals surface area contributed by atoms with Gasteiger partial charge < -0.3 is 9.72 Å². The van der Waals surface area contributed by atoms with E-state index >= 15 is 0 Å². The van der Waals surface area contributed by atoms with Gasteiger partial charge in [-0.25, -0.2) is 0 Å². The number of hydrogen-bond donors (Lipinski definition) is 2. The zero-order valence-corrected chi connectivity index (χ0v) is 9.61. The molecule has 2 heterocycles. The highest BCUT2D eigenvalue weighted by atomic mass is 16.5. The van der Waals surface area contributed by atoms with Crippen LogP contribution < -0.4 is 10.1 Å². The van der Waals surface area contributed by atoms with Gasteiger partial charge >= 0.3 is 0 Å². The minimum absolute atomic E-state index is 0.372. The van der Waals surface area contributed by atoms with E-state index in [4.69, 9.17) is 4.74 Å². The molecule has 3 rings (SSSR count). The molecule has 0 fully saturated rings. The van der Waals surface area contributed by atoms with Crippen LogP contribution in [0.15, 0.2) is 30.5 Å². The highest BCUT2D eigenvalue weighted by molar-refractivity contribution is 6.35. The van der Waals surface area contributed by atoms with Gasteiger partial charge in [-0.3, -0.25) is 14.9 Å². The van der Waals surface area contributed by atoms with Crippen LogP contribution in [-0.2, 0) is 9.59 Å². The summed E-state index contributed by atoms with van der Waals surface area (Å²) in [6.45, 7) is 0. The molecule has 2 aromatic rings. The number of nitrogens with one attached hydrogen (secondary N) is 2. The number of aromatic nitrogens is 1. The van der Waals surface area contributed by atoms with Crippen molar-refractivity contribution >= 4 is 28.3 Å². The standard InChI is InChI=1S/C13H10N2O3/c1-18-7-2-3-11-8(4-7)10(6-14-11)9-5-12(16)15-13(9)17/h2-6,14H,1H3,(H,15,16,17). The first-order valence-corrected chi connectivity index (χ1v) is 5.41. The fourth-order valence-corrected chi connectivity index (χ4v) is 2.06. The van der Waals surface area contributed by atoms with Crippen LogP contribution in [0.3, 0.4) is 0 Å². The second kappa shape index (κ2) is 3.73. The van der Waals surface area contributed by atoms with Crippen LogP contribution in [0.4, 0.5) is 0 Å². The van der Waals surface area contributed by atoms with Crippen LogP contribution >= 0.6 is 0 Å². The molecule has 0 radical (unpaired) electrons. The predicted octanol–water partition coefficient (Wildman–Crippen LogP) is 1.22. The van der Waals surface area contributed by atoms with Crippen molar-refractivity contribution in [1.82, 2.24) is 10.3 Å². The molecule has 5 heteroatoms. The summed E-state index contributed by atoms with van der Waals surface area (Å²) in [7, 11) is 1.58. The molecular weight excluding hydrogens is 232 g/mol. The van der Waals surface area contributed by atoms with Crippen molar-refractivity contribution in [2.45, 2.75) is 0 Å². The first kappa shape index (κ1) is 10.6. The van der Waals surface area contributed by atoms with Crippen molar-refractivity contribution in [3.63, 3.8) is 0 Å². The summed E-state index contributed by atoms with van der Waals surface area (Å²) < 4.78 is 5.16. The molecule has 1 aromatic carbocycles. The fraction of sp³-hybridized carbons (Fsp3) is 0.0769. The summed E-state index contributed by atoms with van der Waals surface area (Å²) in [6, 6.07) is 5.53. The summed E-state index contributed by atoms with van der Waals surface area (Å²) in [5.41, 5.74) is 1.96. The van der Waals surface area contributed by atoms with Crippen LogP contribution in [0.5, 0.6) is 5.75 Å². The molecule has 2 amide bonds. The van der Waals surface area contributed by atoms with Crippen LogP contribution in [-0.4, -0.2) is 23.9 Å². The topological polar surface area (TPSA) is 71.2 Å². The highest BCUT2D eigenvalue weighted by Gasteiger charge is 2.24. The van der Waals surface area contributed by atoms with E-state index in [0.717, 1.165) is 10.9 Å². The van der Waals surface area contributed by atoms with E-state index in [-0.39, 0.29) is 11.8 Å². The van der Waals surface area contributed by atoms with Gasteiger partial charge in [0, 0.05) is 28.7 Å². The van der Waals surface area contributed by atoms with E-state index in [1.54, 1.807) is 13.3 Å². The van der Waals surface area contributed by atoms with Gasteiger partial charge in [-0.15, -0.1) is 0 Å². The van der Waals surface area contributed by atoms with Crippen LogP contribution in [0, 0.1) is 0 Å². The zero-order valence-electron chi connectivity index (χ0n) is 9.61. The van der Waals surface area contributed by atoms with E-state index in [1.165, 1.54) is 6.08 Å². The molecule has 0 spiro atoms. The molecule has 1 aromatic heterocycles. The third-order valence-electron chi connectivity index (χ3n) is 2.94. The van der Waals surface area contributed by atoms with Crippen molar-refractivity contribution < 1.29 is 14.3 Å². The Labute approximate surface area is 102 Å². The lowest BCUT2D eigenvalue weighted by molar-refractivity contribution is -0.123. The molecule has 5 nitrogen and oxygen atoms in total. The van der Waals surface area contributed by atoms with E-state index in [2.05, 4.69) is 10.3 Å². The molecular formula is C13H10N2O3. The summed E-state index contributed by atoms with van der Waals surface area (Å²) in [6.07, 6.45) is 3.03. The Morgan fingerprint density at radius 3 is 2.72 bits per heavy atom. The van der Waals surface area contributed by atoms with Crippen LogP contribution in [0.1, 0.15) is 5.56 Å². The lowest BCUT2D eigenvalue weighted by Crippen LogP contribution is -2.21. The van der Waals surface area contributed by atoms with Crippen molar-refractivity contribution in [3.05, 3.63) is 36.0 Å². The van der Waals surface area contributed by atoms with Crippen LogP contribution in [0.2, 0.25) is 0 Å². The molecule has 0 unspecified atom stereocenters. The lowest BCUT2D eigenvalue weighted by Gasteiger charge is -2.01. The van der Waals surface area contributed by atoms with E-state index in [1.807, 2.05) is 18.2 Å². The van der Waals surface area contributed by atoms with Crippen molar-refractivity contribution in [2.75, 3.05) is 7.11 Å². The highest BCUT2D eigenvalue weighted by Crippen LogP contribution is 2.29. The van der Waals surface area contributed by atoms with Crippen molar-refractivity contribution in [2.24, 2.45) is 0 Å². The number of carbonyl (C=O) groups excluding carboxylic acids is 2. The maximum Gasteiger partial charge on any atom is 0.258 e. The Balaban J connectivity index is 2.21. The van der Waals surface area contributed by atoms with Gasteiger partial charge in [-0.2, -0.15) is 0 Å². The molecule has 1 aliphatic rings. The Kier molecular flexibility index (Phi) is 2.19. The van der Waals surface area contributed by atoms with Gasteiger partial charge in [0.1, 0.15) is 5.75 Å².